The molecule has 2 nitrogen and oxygen atoms in total. The van der Waals surface area contributed by atoms with Crippen LogP contribution < -0.4 is 5.32 Å². The van der Waals surface area contributed by atoms with Crippen LogP contribution in [0.5, 0.6) is 0 Å². The predicted molar refractivity (Wildman–Crippen MR) is 88.4 cm³/mol. The summed E-state index contributed by atoms with van der Waals surface area (Å²) < 4.78 is 0. The van der Waals surface area contributed by atoms with Gasteiger partial charge in [0.25, 0.3) is 0 Å². The van der Waals surface area contributed by atoms with E-state index in [9.17, 15) is 0 Å². The Bertz CT molecular complexity index is 755. The molecule has 0 saturated heterocycles. The molecule has 1 unspecified atom stereocenters. The van der Waals surface area contributed by atoms with Crippen LogP contribution in [-0.4, -0.2) is 4.98 Å². The highest BCUT2D eigenvalue weighted by atomic mass is 35.5. The van der Waals surface area contributed by atoms with Crippen molar-refractivity contribution in [3.8, 4) is 0 Å². The minimum absolute atomic E-state index is 0.215. The topological polar surface area (TPSA) is 24.9 Å². The quantitative estimate of drug-likeness (QED) is 0.752. The van der Waals surface area contributed by atoms with Crippen LogP contribution in [0.25, 0.3) is 10.8 Å². The van der Waals surface area contributed by atoms with Crippen LogP contribution in [0.2, 0.25) is 5.02 Å². The molecule has 2 aromatic carbocycles. The van der Waals surface area contributed by atoms with E-state index in [1.165, 1.54) is 16.3 Å². The molecule has 1 atom stereocenters. The number of fused-ring (bicyclic) bond motifs is 1. The molecule has 3 heteroatoms. The summed E-state index contributed by atoms with van der Waals surface area (Å²) in [6, 6.07) is 16.7. The fourth-order valence-electron chi connectivity index (χ4n) is 2.45. The van der Waals surface area contributed by atoms with Crippen molar-refractivity contribution < 1.29 is 0 Å². The van der Waals surface area contributed by atoms with Gasteiger partial charge in [-0.3, -0.25) is 4.98 Å². The van der Waals surface area contributed by atoms with Crippen molar-refractivity contribution in [2.75, 3.05) is 0 Å². The molecule has 0 amide bonds. The molecule has 0 bridgehead atoms. The molecule has 0 aliphatic rings. The first kappa shape index (κ1) is 14.1. The number of benzene rings is 2. The van der Waals surface area contributed by atoms with Crippen molar-refractivity contribution in [1.29, 1.82) is 0 Å². The third-order valence-electron chi connectivity index (χ3n) is 3.69. The summed E-state index contributed by atoms with van der Waals surface area (Å²) in [5.41, 5.74) is 2.39. The number of halogens is 1. The smallest absolute Gasteiger partial charge is 0.0453 e. The van der Waals surface area contributed by atoms with Crippen LogP contribution in [0.3, 0.4) is 0 Å². The van der Waals surface area contributed by atoms with Crippen LogP contribution in [-0.2, 0) is 6.54 Å². The van der Waals surface area contributed by atoms with E-state index in [-0.39, 0.29) is 6.04 Å². The van der Waals surface area contributed by atoms with Crippen LogP contribution in [0, 0.1) is 0 Å². The summed E-state index contributed by atoms with van der Waals surface area (Å²) in [7, 11) is 0. The summed E-state index contributed by atoms with van der Waals surface area (Å²) in [6.07, 6.45) is 3.71. The van der Waals surface area contributed by atoms with Gasteiger partial charge in [0.2, 0.25) is 0 Å². The highest BCUT2D eigenvalue weighted by molar-refractivity contribution is 6.31. The largest absolute Gasteiger partial charge is 0.306 e. The Hall–Kier alpha value is -1.90. The van der Waals surface area contributed by atoms with Crippen molar-refractivity contribution in [3.05, 3.63) is 77.1 Å². The summed E-state index contributed by atoms with van der Waals surface area (Å²) >= 11 is 6.23. The maximum absolute atomic E-state index is 6.23. The Morgan fingerprint density at radius 1 is 1.10 bits per heavy atom. The van der Waals surface area contributed by atoms with Crippen molar-refractivity contribution in [2.24, 2.45) is 0 Å². The number of aromatic nitrogens is 1. The fraction of sp³-hybridized carbons (Fsp3) is 0.167. The van der Waals surface area contributed by atoms with Gasteiger partial charge in [-0.05, 0) is 41.6 Å². The number of nitrogens with zero attached hydrogens (tertiary/aromatic N) is 1. The number of pyridine rings is 1. The van der Waals surface area contributed by atoms with Crippen molar-refractivity contribution in [2.45, 2.75) is 19.5 Å². The van der Waals surface area contributed by atoms with Gasteiger partial charge < -0.3 is 5.32 Å². The molecule has 1 aromatic heterocycles. The van der Waals surface area contributed by atoms with Gasteiger partial charge in [0.05, 0.1) is 0 Å². The molecule has 0 spiro atoms. The number of hydrogen-bond acceptors (Lipinski definition) is 2. The molecule has 0 aliphatic heterocycles. The molecular formula is C18H17ClN2. The first-order chi connectivity index (χ1) is 10.2. The highest BCUT2D eigenvalue weighted by Gasteiger charge is 2.08. The zero-order valence-electron chi connectivity index (χ0n) is 11.9. The lowest BCUT2D eigenvalue weighted by atomic mass is 10.1. The average molecular weight is 297 g/mol. The molecular weight excluding hydrogens is 280 g/mol. The van der Waals surface area contributed by atoms with E-state index < -0.39 is 0 Å². The summed E-state index contributed by atoms with van der Waals surface area (Å²) in [5, 5.41) is 6.71. The Morgan fingerprint density at radius 2 is 1.95 bits per heavy atom. The Balaban J connectivity index is 1.73. The van der Waals surface area contributed by atoms with E-state index in [2.05, 4.69) is 41.5 Å². The Morgan fingerprint density at radius 3 is 2.81 bits per heavy atom. The van der Waals surface area contributed by atoms with Gasteiger partial charge in [0.15, 0.2) is 0 Å². The molecule has 1 heterocycles. The minimum Gasteiger partial charge on any atom is -0.306 e. The van der Waals surface area contributed by atoms with Gasteiger partial charge in [-0.2, -0.15) is 0 Å². The third-order valence-corrected chi connectivity index (χ3v) is 4.03. The van der Waals surface area contributed by atoms with Crippen molar-refractivity contribution in [1.82, 2.24) is 10.3 Å². The van der Waals surface area contributed by atoms with Crippen LogP contribution in [0.15, 0.2) is 60.9 Å². The Kier molecular flexibility index (Phi) is 4.18. The van der Waals surface area contributed by atoms with Gasteiger partial charge in [-0.15, -0.1) is 0 Å². The second-order valence-electron chi connectivity index (χ2n) is 5.18. The number of nitrogens with one attached hydrogen (secondary N) is 1. The second-order valence-corrected chi connectivity index (χ2v) is 5.59. The van der Waals surface area contributed by atoms with Gasteiger partial charge in [0, 0.05) is 35.4 Å². The van der Waals surface area contributed by atoms with Crippen LogP contribution >= 0.6 is 11.6 Å². The summed E-state index contributed by atoms with van der Waals surface area (Å²) in [4.78, 5) is 4.14. The number of rotatable bonds is 4. The fourth-order valence-corrected chi connectivity index (χ4v) is 2.75. The van der Waals surface area contributed by atoms with E-state index in [1.807, 2.05) is 36.7 Å². The normalized spacial score (nSPS) is 12.5. The van der Waals surface area contributed by atoms with E-state index in [0.29, 0.717) is 0 Å². The minimum atomic E-state index is 0.215. The molecule has 0 radical (unpaired) electrons. The van der Waals surface area contributed by atoms with E-state index in [1.54, 1.807) is 0 Å². The van der Waals surface area contributed by atoms with Crippen molar-refractivity contribution in [3.63, 3.8) is 0 Å². The van der Waals surface area contributed by atoms with Gasteiger partial charge in [0.1, 0.15) is 0 Å². The maximum atomic E-state index is 6.23. The molecule has 1 N–H and O–H groups in total. The zero-order valence-corrected chi connectivity index (χ0v) is 12.6. The molecule has 21 heavy (non-hydrogen) atoms. The van der Waals surface area contributed by atoms with Crippen LogP contribution in [0.4, 0.5) is 0 Å². The van der Waals surface area contributed by atoms with E-state index >= 15 is 0 Å². The molecule has 0 aliphatic carbocycles. The number of hydrogen-bond donors (Lipinski definition) is 1. The summed E-state index contributed by atoms with van der Waals surface area (Å²) in [6.45, 7) is 2.94. The zero-order chi connectivity index (χ0) is 14.7. The van der Waals surface area contributed by atoms with Gasteiger partial charge in [-0.1, -0.05) is 41.9 Å². The molecule has 106 valence electrons. The third kappa shape index (κ3) is 3.23. The first-order valence-corrected chi connectivity index (χ1v) is 7.42. The predicted octanol–water partition coefficient (Wildman–Crippen LogP) is 4.74. The monoisotopic (exact) mass is 296 g/mol. The van der Waals surface area contributed by atoms with Crippen molar-refractivity contribution >= 4 is 22.4 Å². The van der Waals surface area contributed by atoms with Crippen LogP contribution in [0.1, 0.15) is 24.1 Å². The second kappa shape index (κ2) is 6.25. The van der Waals surface area contributed by atoms with E-state index in [4.69, 9.17) is 11.6 Å². The highest BCUT2D eigenvalue weighted by Crippen LogP contribution is 2.22. The average Bonchev–Trinajstić information content (AvgIpc) is 2.53. The lowest BCUT2D eigenvalue weighted by Crippen LogP contribution is -2.18. The van der Waals surface area contributed by atoms with E-state index in [0.717, 1.165) is 17.1 Å². The molecule has 0 fully saturated rings. The van der Waals surface area contributed by atoms with Gasteiger partial charge >= 0.3 is 0 Å². The maximum Gasteiger partial charge on any atom is 0.0453 e. The first-order valence-electron chi connectivity index (χ1n) is 7.04. The molecule has 0 saturated carbocycles. The lowest BCUT2D eigenvalue weighted by Gasteiger charge is -2.16. The molecule has 3 rings (SSSR count). The SMILES string of the molecule is CC(NCc1ccc2cnccc2c1)c1ccccc1Cl. The summed E-state index contributed by atoms with van der Waals surface area (Å²) in [5.74, 6) is 0. The molecule has 3 aromatic rings. The Labute approximate surface area is 129 Å². The lowest BCUT2D eigenvalue weighted by molar-refractivity contribution is 0.575. The standard InChI is InChI=1S/C18H17ClN2/c1-13(17-4-2-3-5-18(17)19)21-11-14-6-7-16-12-20-9-8-15(16)10-14/h2-10,12-13,21H,11H2,1H3. The van der Waals surface area contributed by atoms with Gasteiger partial charge in [-0.25, -0.2) is 0 Å².